The molecular formula is C14H25N3O5Pt. The molecule has 5 N–H and O–H groups in total. The minimum absolute atomic E-state index is 0. The summed E-state index contributed by atoms with van der Waals surface area (Å²) in [5, 5.41) is 22.6. The SMILES string of the molecule is CCC(=O)N[C@@H](CCC(=O)[O-])C(=O)[O-].N[C@H]1CCCC[C@@H]1N.[Pt+2]. The van der Waals surface area contributed by atoms with E-state index in [1.807, 2.05) is 0 Å². The quantitative estimate of drug-likeness (QED) is 0.352. The Morgan fingerprint density at radius 3 is 1.91 bits per heavy atom. The van der Waals surface area contributed by atoms with Crippen molar-refractivity contribution in [3.05, 3.63) is 0 Å². The van der Waals surface area contributed by atoms with E-state index in [-0.39, 0.29) is 46.0 Å². The fourth-order valence-corrected chi connectivity index (χ4v) is 2.00. The molecular weight excluding hydrogens is 485 g/mol. The minimum atomic E-state index is -1.49. The summed E-state index contributed by atoms with van der Waals surface area (Å²) in [6.45, 7) is 1.56. The van der Waals surface area contributed by atoms with Gasteiger partial charge in [-0.3, -0.25) is 4.79 Å². The summed E-state index contributed by atoms with van der Waals surface area (Å²) >= 11 is 0. The van der Waals surface area contributed by atoms with Crippen LogP contribution in [0.4, 0.5) is 0 Å². The number of nitrogens with one attached hydrogen (secondary N) is 1. The van der Waals surface area contributed by atoms with Crippen molar-refractivity contribution in [3.8, 4) is 0 Å². The topological polar surface area (TPSA) is 161 Å². The molecule has 1 aliphatic rings. The Morgan fingerprint density at radius 2 is 1.61 bits per heavy atom. The summed E-state index contributed by atoms with van der Waals surface area (Å²) in [5.74, 6) is -3.31. The Kier molecular flexibility index (Phi) is 14.2. The predicted molar refractivity (Wildman–Crippen MR) is 75.9 cm³/mol. The van der Waals surface area contributed by atoms with Gasteiger partial charge in [0, 0.05) is 24.5 Å². The van der Waals surface area contributed by atoms with Crippen molar-refractivity contribution >= 4 is 17.8 Å². The Bertz CT molecular complexity index is 371. The second-order valence-corrected chi connectivity index (χ2v) is 5.32. The second kappa shape index (κ2) is 13.5. The van der Waals surface area contributed by atoms with E-state index in [9.17, 15) is 24.6 Å². The van der Waals surface area contributed by atoms with Gasteiger partial charge in [0.1, 0.15) is 0 Å². The molecule has 0 aromatic rings. The fraction of sp³-hybridized carbons (Fsp3) is 0.786. The van der Waals surface area contributed by atoms with Crippen LogP contribution in [-0.2, 0) is 35.4 Å². The van der Waals surface area contributed by atoms with E-state index < -0.39 is 30.3 Å². The molecule has 0 spiro atoms. The third-order valence-corrected chi connectivity index (χ3v) is 3.45. The first-order chi connectivity index (χ1) is 10.3. The van der Waals surface area contributed by atoms with Crippen molar-refractivity contribution in [1.82, 2.24) is 5.32 Å². The van der Waals surface area contributed by atoms with Crippen LogP contribution in [-0.4, -0.2) is 36.0 Å². The predicted octanol–water partition coefficient (Wildman–Crippen LogP) is -2.63. The molecule has 23 heavy (non-hydrogen) atoms. The van der Waals surface area contributed by atoms with Gasteiger partial charge >= 0.3 is 21.1 Å². The third-order valence-electron chi connectivity index (χ3n) is 3.45. The summed E-state index contributed by atoms with van der Waals surface area (Å²) in [6.07, 6.45) is 4.28. The number of amides is 1. The summed E-state index contributed by atoms with van der Waals surface area (Å²) in [4.78, 5) is 31.3. The monoisotopic (exact) mass is 510 g/mol. The van der Waals surface area contributed by atoms with Gasteiger partial charge in [0.15, 0.2) is 0 Å². The van der Waals surface area contributed by atoms with Crippen molar-refractivity contribution in [3.63, 3.8) is 0 Å². The van der Waals surface area contributed by atoms with Crippen LogP contribution in [0.5, 0.6) is 0 Å². The van der Waals surface area contributed by atoms with E-state index in [2.05, 4.69) is 5.32 Å². The molecule has 0 aromatic heterocycles. The van der Waals surface area contributed by atoms with Crippen molar-refractivity contribution in [2.45, 2.75) is 70.0 Å². The van der Waals surface area contributed by atoms with Crippen LogP contribution in [0, 0.1) is 0 Å². The number of nitrogens with two attached hydrogens (primary N) is 2. The number of carbonyl (C=O) groups excluding carboxylic acids is 3. The van der Waals surface area contributed by atoms with Crippen molar-refractivity contribution < 1.29 is 45.7 Å². The Hall–Kier alpha value is -0.982. The van der Waals surface area contributed by atoms with Crippen LogP contribution in [0.3, 0.4) is 0 Å². The van der Waals surface area contributed by atoms with Gasteiger partial charge in [-0.15, -0.1) is 0 Å². The molecule has 0 unspecified atom stereocenters. The van der Waals surface area contributed by atoms with Crippen molar-refractivity contribution in [1.29, 1.82) is 0 Å². The molecule has 0 bridgehead atoms. The van der Waals surface area contributed by atoms with Crippen LogP contribution in [0.15, 0.2) is 0 Å². The smallest absolute Gasteiger partial charge is 0.550 e. The molecule has 3 atom stereocenters. The maximum Gasteiger partial charge on any atom is 2.00 e. The molecule has 136 valence electrons. The number of rotatable bonds is 6. The fourth-order valence-electron chi connectivity index (χ4n) is 2.00. The zero-order chi connectivity index (χ0) is 17.1. The summed E-state index contributed by atoms with van der Waals surface area (Å²) in [5.41, 5.74) is 11.3. The minimum Gasteiger partial charge on any atom is -0.550 e. The normalized spacial score (nSPS) is 21.0. The van der Waals surface area contributed by atoms with Gasteiger partial charge in [0.05, 0.1) is 12.0 Å². The van der Waals surface area contributed by atoms with Gasteiger partial charge in [-0.05, 0) is 25.7 Å². The van der Waals surface area contributed by atoms with Gasteiger partial charge in [-0.1, -0.05) is 19.8 Å². The summed E-state index contributed by atoms with van der Waals surface area (Å²) < 4.78 is 0. The van der Waals surface area contributed by atoms with E-state index in [4.69, 9.17) is 11.5 Å². The van der Waals surface area contributed by atoms with E-state index in [0.29, 0.717) is 0 Å². The Balaban J connectivity index is 0. The van der Waals surface area contributed by atoms with Crippen LogP contribution < -0.4 is 27.0 Å². The molecule has 0 heterocycles. The molecule has 0 aromatic carbocycles. The Labute approximate surface area is 150 Å². The van der Waals surface area contributed by atoms with E-state index in [1.165, 1.54) is 12.8 Å². The van der Waals surface area contributed by atoms with Gasteiger partial charge in [0.25, 0.3) is 0 Å². The summed E-state index contributed by atoms with van der Waals surface area (Å²) in [7, 11) is 0. The zero-order valence-corrected chi connectivity index (χ0v) is 15.5. The average Bonchev–Trinajstić information content (AvgIpc) is 2.46. The largest absolute Gasteiger partial charge is 2.00 e. The molecule has 1 rings (SSSR count). The standard InChI is InChI=1S/C8H13NO5.C6H14N2.Pt/c1-2-6(10)9-5(8(13)14)3-4-7(11)12;7-5-3-1-2-4-6(5)8;/h5H,2-4H2,1H3,(H,9,10)(H,11,12)(H,13,14);5-6H,1-4,7-8H2;/q;;+2/p-2/t5-;5-,6-;/m00./s1. The number of hydrogen-bond acceptors (Lipinski definition) is 7. The number of carbonyl (C=O) groups is 3. The first-order valence-electron chi connectivity index (χ1n) is 7.49. The van der Waals surface area contributed by atoms with Crippen LogP contribution in [0.1, 0.15) is 51.9 Å². The number of carboxylic acids is 2. The molecule has 1 saturated carbocycles. The second-order valence-electron chi connectivity index (χ2n) is 5.32. The first kappa shape index (κ1) is 24.3. The first-order valence-corrected chi connectivity index (χ1v) is 7.49. The molecule has 0 radical (unpaired) electrons. The van der Waals surface area contributed by atoms with E-state index in [1.54, 1.807) is 6.92 Å². The maximum atomic E-state index is 10.8. The van der Waals surface area contributed by atoms with Gasteiger partial charge in [-0.25, -0.2) is 0 Å². The molecule has 0 saturated heterocycles. The molecule has 9 heteroatoms. The Morgan fingerprint density at radius 1 is 1.13 bits per heavy atom. The number of aliphatic carboxylic acids is 2. The molecule has 1 aliphatic carbocycles. The number of hydrogen-bond donors (Lipinski definition) is 3. The molecule has 1 fully saturated rings. The van der Waals surface area contributed by atoms with Crippen molar-refractivity contribution in [2.75, 3.05) is 0 Å². The van der Waals surface area contributed by atoms with Crippen LogP contribution >= 0.6 is 0 Å². The van der Waals surface area contributed by atoms with Gasteiger partial charge in [-0.2, -0.15) is 0 Å². The van der Waals surface area contributed by atoms with Gasteiger partial charge < -0.3 is 36.6 Å². The van der Waals surface area contributed by atoms with E-state index >= 15 is 0 Å². The van der Waals surface area contributed by atoms with Gasteiger partial charge in [0.2, 0.25) is 5.91 Å². The molecule has 0 aliphatic heterocycles. The zero-order valence-electron chi connectivity index (χ0n) is 13.2. The average molecular weight is 510 g/mol. The van der Waals surface area contributed by atoms with E-state index in [0.717, 1.165) is 12.8 Å². The van der Waals surface area contributed by atoms with Crippen LogP contribution in [0.2, 0.25) is 0 Å². The summed E-state index contributed by atoms with van der Waals surface area (Å²) in [6, 6.07) is -0.701. The van der Waals surface area contributed by atoms with Crippen LogP contribution in [0.25, 0.3) is 0 Å². The third kappa shape index (κ3) is 12.1. The maximum absolute atomic E-state index is 10.8. The van der Waals surface area contributed by atoms with Crippen molar-refractivity contribution in [2.24, 2.45) is 11.5 Å². The molecule has 8 nitrogen and oxygen atoms in total. The molecule has 1 amide bonds. The number of carboxylic acid groups (broad SMARTS) is 2.